The molecule has 2 fully saturated rings. The van der Waals surface area contributed by atoms with E-state index in [1.54, 1.807) is 0 Å². The molecule has 5 heterocycles. The molecule has 11 nitrogen and oxygen atoms in total. The van der Waals surface area contributed by atoms with Crippen LogP contribution in [0.2, 0.25) is 0 Å². The van der Waals surface area contributed by atoms with Gasteiger partial charge in [0, 0.05) is 117 Å². The molecule has 0 amide bonds. The van der Waals surface area contributed by atoms with Gasteiger partial charge in [-0.2, -0.15) is 0 Å². The van der Waals surface area contributed by atoms with E-state index in [0.29, 0.717) is 54.2 Å². The van der Waals surface area contributed by atoms with E-state index in [2.05, 4.69) is 212 Å². The lowest BCUT2D eigenvalue weighted by Crippen LogP contribution is -2.25. The van der Waals surface area contributed by atoms with E-state index in [-0.39, 0.29) is 0 Å². The highest BCUT2D eigenvalue weighted by molar-refractivity contribution is 7.53. The highest BCUT2D eigenvalue weighted by Gasteiger charge is 2.38. The van der Waals surface area contributed by atoms with Gasteiger partial charge in [0.25, 0.3) is 0 Å². The molecule has 16 heteroatoms. The largest absolute Gasteiger partial charge is 0.355 e. The molecule has 81 heavy (non-hydrogen) atoms. The zero-order chi connectivity index (χ0) is 56.8. The zero-order valence-corrected chi connectivity index (χ0v) is 51.2. The number of anilines is 2. The Morgan fingerprint density at radius 3 is 1.58 bits per heavy atom. The zero-order valence-electron chi connectivity index (χ0n) is 47.1. The Bertz CT molecular complexity index is 3010. The number of nitrogens with zero attached hydrogens (tertiary/aromatic N) is 7. The van der Waals surface area contributed by atoms with Gasteiger partial charge in [-0.25, -0.2) is 9.98 Å². The molecule has 0 saturated carbocycles. The van der Waals surface area contributed by atoms with E-state index in [0.717, 1.165) is 89.1 Å². The summed E-state index contributed by atoms with van der Waals surface area (Å²) >= 11 is 16.3. The molecule has 2 saturated heterocycles. The molecular weight excluding hydrogens is 1100 g/mol. The van der Waals surface area contributed by atoms with Gasteiger partial charge >= 0.3 is 0 Å². The Kier molecular flexibility index (Phi) is 24.6. The number of H-pyrrole nitrogens is 1. The van der Waals surface area contributed by atoms with Gasteiger partial charge in [-0.3, -0.25) is 23.7 Å². The number of rotatable bonds is 15. The van der Waals surface area contributed by atoms with Gasteiger partial charge in [-0.1, -0.05) is 181 Å². The van der Waals surface area contributed by atoms with Gasteiger partial charge < -0.3 is 21.4 Å². The van der Waals surface area contributed by atoms with E-state index in [1.165, 1.54) is 39.1 Å². The van der Waals surface area contributed by atoms with E-state index in [4.69, 9.17) is 45.5 Å². The number of imidazole rings is 1. The van der Waals surface area contributed by atoms with Crippen LogP contribution in [0.3, 0.4) is 0 Å². The van der Waals surface area contributed by atoms with Gasteiger partial charge in [-0.15, -0.1) is 23.2 Å². The van der Waals surface area contributed by atoms with Crippen LogP contribution in [0.15, 0.2) is 204 Å². The quantitative estimate of drug-likeness (QED) is 0.0593. The average molecular weight is 1180 g/mol. The number of fused-ring (bicyclic) bond motifs is 3. The molecule has 12 rings (SSSR count). The van der Waals surface area contributed by atoms with Crippen molar-refractivity contribution >= 4 is 91.3 Å². The van der Waals surface area contributed by atoms with Gasteiger partial charge in [0.1, 0.15) is 11.0 Å². The first-order valence-corrected chi connectivity index (χ1v) is 31.9. The molecule has 5 N–H and O–H groups in total. The molecule has 0 unspecified atom stereocenters. The maximum Gasteiger partial charge on any atom is 0.201 e. The van der Waals surface area contributed by atoms with Crippen LogP contribution in [0, 0.1) is 0 Å². The van der Waals surface area contributed by atoms with Crippen molar-refractivity contribution in [3.63, 3.8) is 0 Å². The third-order valence-electron chi connectivity index (χ3n) is 14.7. The minimum absolute atomic E-state index is 0.400. The monoisotopic (exact) mass is 1180 g/mol. The van der Waals surface area contributed by atoms with Gasteiger partial charge in [-0.05, 0) is 85.3 Å². The van der Waals surface area contributed by atoms with Crippen molar-refractivity contribution in [2.75, 3.05) is 74.4 Å². The fourth-order valence-electron chi connectivity index (χ4n) is 10.2. The number of aromatic amines is 1. The topological polar surface area (TPSA) is 116 Å². The standard InChI is InChI=1S/C27H32N5P.C18H23N2P.C10H11ClN2.C8H6ClN.C2H6ClN/c1-21(23-11-5-3-6-12-23)31-18-19-32(22(2)24-13-7-4-8-14-24)33(31)20-17-28-27-29-25-15-9-10-16-26(25)30-27;1-15(17-9-5-3-6-10-17)19-13-14-20(21-19)16(2)18-11-7-4-8-12-18;11-5-6-12-10-7-8-3-1-2-4-9(8)13-10;9-8-5-6-3-1-2-4-7(6)10-8;3-1-2-4/h3-16,21-22H,17-20H2,1-2H3,(H2,28,29,30);3-12,15-16,21H,13-14H2,1-2H3;1-4H,5-7H2,(H,12,13);1-4H,5H2;1-2,4H2/t21-,22-;15-,16-;;;/m00.../s1. The van der Waals surface area contributed by atoms with Gasteiger partial charge in [0.15, 0.2) is 0 Å². The second-order valence-corrected chi connectivity index (χ2v) is 24.8. The molecule has 424 valence electrons. The molecular formula is C65H78Cl3N11P2. The van der Waals surface area contributed by atoms with Crippen molar-refractivity contribution in [2.45, 2.75) is 64.7 Å². The number of alkyl halides is 2. The van der Waals surface area contributed by atoms with Crippen LogP contribution in [0.4, 0.5) is 17.3 Å². The number of nitrogens with two attached hydrogens (primary N) is 1. The number of aromatic nitrogens is 2. The van der Waals surface area contributed by atoms with Crippen LogP contribution in [0.5, 0.6) is 0 Å². The highest BCUT2D eigenvalue weighted by atomic mass is 35.5. The van der Waals surface area contributed by atoms with Crippen LogP contribution in [-0.4, -0.2) is 103 Å². The van der Waals surface area contributed by atoms with Crippen LogP contribution in [-0.2, 0) is 12.8 Å². The maximum atomic E-state index is 5.73. The predicted octanol–water partition coefficient (Wildman–Crippen LogP) is 16.0. The summed E-state index contributed by atoms with van der Waals surface area (Å²) in [7, 11) is 0.314. The molecule has 4 aliphatic heterocycles. The Labute approximate surface area is 499 Å². The number of hydrogen-bond donors (Lipinski definition) is 4. The molecule has 0 radical (unpaired) electrons. The van der Waals surface area contributed by atoms with E-state index < -0.39 is 8.22 Å². The van der Waals surface area contributed by atoms with Crippen LogP contribution >= 0.6 is 51.9 Å². The summed E-state index contributed by atoms with van der Waals surface area (Å²) < 4.78 is 10.6. The smallest absolute Gasteiger partial charge is 0.201 e. The Morgan fingerprint density at radius 1 is 0.593 bits per heavy atom. The molecule has 1 aromatic heterocycles. The van der Waals surface area contributed by atoms with Crippen molar-refractivity contribution in [1.82, 2.24) is 28.6 Å². The highest BCUT2D eigenvalue weighted by Crippen LogP contribution is 2.56. The lowest BCUT2D eigenvalue weighted by molar-refractivity contribution is 0.377. The summed E-state index contributed by atoms with van der Waals surface area (Å²) in [6.45, 7) is 16.0. The average Bonchev–Trinajstić information content (AvgIpc) is 4.54. The normalized spacial score (nSPS) is 17.1. The Balaban J connectivity index is 0.000000152. The molecule has 7 aromatic carbocycles. The van der Waals surface area contributed by atoms with Crippen molar-refractivity contribution in [3.05, 3.63) is 228 Å². The summed E-state index contributed by atoms with van der Waals surface area (Å²) in [5, 5.41) is 7.51. The fraction of sp³-hybridized carbons (Fsp3) is 0.308. The molecule has 8 aromatic rings. The molecule has 0 bridgehead atoms. The van der Waals surface area contributed by atoms with Gasteiger partial charge in [0.05, 0.1) is 23.3 Å². The second kappa shape index (κ2) is 32.4. The number of hydrogen-bond acceptors (Lipinski definition) is 9. The minimum atomic E-state index is -0.456. The van der Waals surface area contributed by atoms with Crippen molar-refractivity contribution in [1.29, 1.82) is 0 Å². The van der Waals surface area contributed by atoms with Crippen LogP contribution in [0.1, 0.15) is 85.2 Å². The molecule has 0 aliphatic carbocycles. The first kappa shape index (κ1) is 61.5. The first-order valence-electron chi connectivity index (χ1n) is 28.1. The van der Waals surface area contributed by atoms with E-state index in [1.807, 2.05) is 54.6 Å². The number of aliphatic imine (C=N–C) groups is 2. The van der Waals surface area contributed by atoms with Crippen LogP contribution < -0.4 is 16.4 Å². The Morgan fingerprint density at radius 2 is 1.07 bits per heavy atom. The van der Waals surface area contributed by atoms with E-state index in [9.17, 15) is 0 Å². The molecule has 4 aliphatic rings. The number of para-hydroxylation sites is 4. The maximum absolute atomic E-state index is 5.73. The van der Waals surface area contributed by atoms with E-state index >= 15 is 0 Å². The summed E-state index contributed by atoms with van der Waals surface area (Å²) in [6, 6.07) is 69.7. The third-order valence-corrected chi connectivity index (χ3v) is 19.9. The van der Waals surface area contributed by atoms with Crippen molar-refractivity contribution < 1.29 is 0 Å². The lowest BCUT2D eigenvalue weighted by Gasteiger charge is -2.37. The number of halogens is 3. The first-order chi connectivity index (χ1) is 39.6. The molecule has 0 spiro atoms. The SMILES string of the molecule is C[C@@H](c1ccccc1)N1CCN([C@@H](C)c2ccccc2)P1.C[C@@H](c1ccccc1)N1CCN([C@@H](C)c2ccccc2)P1CCNc1nc2ccccc2[nH]1.ClC1=Nc2ccccc2C1.ClCCN=C1Cc2ccccc2N1.NCCCl. The van der Waals surface area contributed by atoms with Gasteiger partial charge in [0.2, 0.25) is 5.95 Å². The number of benzene rings is 7. The fourth-order valence-corrected chi connectivity index (χ4v) is 14.7. The number of nitrogens with one attached hydrogen (secondary N) is 3. The lowest BCUT2D eigenvalue weighted by atomic mass is 10.1. The predicted molar refractivity (Wildman–Crippen MR) is 351 cm³/mol. The summed E-state index contributed by atoms with van der Waals surface area (Å²) in [5.74, 6) is 3.04. The minimum Gasteiger partial charge on any atom is -0.355 e. The van der Waals surface area contributed by atoms with Crippen molar-refractivity contribution in [2.24, 2.45) is 15.7 Å². The van der Waals surface area contributed by atoms with Crippen LogP contribution in [0.25, 0.3) is 11.0 Å². The summed E-state index contributed by atoms with van der Waals surface area (Å²) in [6.07, 6.45) is 2.80. The second-order valence-electron chi connectivity index (χ2n) is 20.0. The Hall–Kier alpha value is -5.52. The summed E-state index contributed by atoms with van der Waals surface area (Å²) in [5.41, 5.74) is 17.3. The van der Waals surface area contributed by atoms with Crippen molar-refractivity contribution in [3.8, 4) is 0 Å². The number of amidine groups is 1. The third kappa shape index (κ3) is 17.7. The summed E-state index contributed by atoms with van der Waals surface area (Å²) in [4.78, 5) is 16.6. The molecule has 4 atom stereocenters.